The van der Waals surface area contributed by atoms with Gasteiger partial charge in [-0.1, -0.05) is 17.7 Å². The largest absolute Gasteiger partial charge is 0.496 e. The standard InChI is InChI=1S/C16H23NO2/c1-12-3-8-16(19-2)14(9-12)11-17-10-13-4-6-15(18)7-5-13/h3,8-9,13,17H,4-7,10-11H2,1-2H3. The van der Waals surface area contributed by atoms with E-state index in [2.05, 4.69) is 24.4 Å². The summed E-state index contributed by atoms with van der Waals surface area (Å²) in [7, 11) is 1.71. The molecule has 0 radical (unpaired) electrons. The highest BCUT2D eigenvalue weighted by Crippen LogP contribution is 2.22. The highest BCUT2D eigenvalue weighted by atomic mass is 16.5. The first-order valence-electron chi connectivity index (χ1n) is 7.05. The molecule has 3 nitrogen and oxygen atoms in total. The van der Waals surface area contributed by atoms with Crippen molar-refractivity contribution in [3.05, 3.63) is 29.3 Å². The molecular formula is C16H23NO2. The molecule has 0 amide bonds. The highest BCUT2D eigenvalue weighted by Gasteiger charge is 2.18. The van der Waals surface area contributed by atoms with E-state index in [4.69, 9.17) is 4.74 Å². The van der Waals surface area contributed by atoms with Crippen molar-refractivity contribution in [1.29, 1.82) is 0 Å². The first-order chi connectivity index (χ1) is 9.19. The van der Waals surface area contributed by atoms with E-state index in [1.54, 1.807) is 7.11 Å². The number of carbonyl (C=O) groups is 1. The molecule has 3 heteroatoms. The third-order valence-electron chi connectivity index (χ3n) is 3.85. The maximum absolute atomic E-state index is 11.2. The van der Waals surface area contributed by atoms with Gasteiger partial charge in [0.25, 0.3) is 0 Å². The lowest BCUT2D eigenvalue weighted by atomic mass is 9.88. The van der Waals surface area contributed by atoms with Crippen molar-refractivity contribution in [2.75, 3.05) is 13.7 Å². The summed E-state index contributed by atoms with van der Waals surface area (Å²) in [5.74, 6) is 2.02. The van der Waals surface area contributed by atoms with Crippen molar-refractivity contribution in [3.8, 4) is 5.75 Å². The molecule has 1 aliphatic rings. The molecular weight excluding hydrogens is 238 g/mol. The zero-order valence-electron chi connectivity index (χ0n) is 11.9. The molecule has 1 aliphatic carbocycles. The zero-order valence-corrected chi connectivity index (χ0v) is 11.9. The molecule has 1 aromatic carbocycles. The van der Waals surface area contributed by atoms with E-state index in [1.165, 1.54) is 11.1 Å². The summed E-state index contributed by atoms with van der Waals surface area (Å²) in [6, 6.07) is 6.25. The molecule has 1 N–H and O–H groups in total. The van der Waals surface area contributed by atoms with Crippen LogP contribution in [0.3, 0.4) is 0 Å². The Morgan fingerprint density at radius 3 is 2.74 bits per heavy atom. The Morgan fingerprint density at radius 1 is 1.32 bits per heavy atom. The molecule has 0 spiro atoms. The molecule has 1 fully saturated rings. The highest BCUT2D eigenvalue weighted by molar-refractivity contribution is 5.79. The Morgan fingerprint density at radius 2 is 2.05 bits per heavy atom. The SMILES string of the molecule is COc1ccc(C)cc1CNCC1CCC(=O)CC1. The third-order valence-corrected chi connectivity index (χ3v) is 3.85. The average Bonchev–Trinajstić information content (AvgIpc) is 2.41. The van der Waals surface area contributed by atoms with E-state index in [1.807, 2.05) is 6.07 Å². The number of methoxy groups -OCH3 is 1. The van der Waals surface area contributed by atoms with Gasteiger partial charge in [0, 0.05) is 24.9 Å². The van der Waals surface area contributed by atoms with E-state index >= 15 is 0 Å². The van der Waals surface area contributed by atoms with Gasteiger partial charge in [-0.15, -0.1) is 0 Å². The van der Waals surface area contributed by atoms with E-state index in [-0.39, 0.29) is 0 Å². The number of carbonyl (C=O) groups excluding carboxylic acids is 1. The molecule has 1 saturated carbocycles. The van der Waals surface area contributed by atoms with Gasteiger partial charge in [-0.05, 0) is 38.3 Å². The maximum atomic E-state index is 11.2. The van der Waals surface area contributed by atoms with Gasteiger partial charge in [0.05, 0.1) is 7.11 Å². The van der Waals surface area contributed by atoms with Gasteiger partial charge in [0.1, 0.15) is 11.5 Å². The molecule has 0 atom stereocenters. The quantitative estimate of drug-likeness (QED) is 0.885. The lowest BCUT2D eigenvalue weighted by Crippen LogP contribution is -2.26. The normalized spacial score (nSPS) is 16.6. The fraction of sp³-hybridized carbons (Fsp3) is 0.562. The average molecular weight is 261 g/mol. The topological polar surface area (TPSA) is 38.3 Å². The summed E-state index contributed by atoms with van der Waals surface area (Å²) in [6.45, 7) is 3.91. The minimum Gasteiger partial charge on any atom is -0.496 e. The first-order valence-corrected chi connectivity index (χ1v) is 7.05. The second-order valence-corrected chi connectivity index (χ2v) is 5.43. The number of nitrogens with one attached hydrogen (secondary N) is 1. The number of hydrogen-bond acceptors (Lipinski definition) is 3. The number of ketones is 1. The van der Waals surface area contributed by atoms with Gasteiger partial charge in [-0.3, -0.25) is 4.79 Å². The van der Waals surface area contributed by atoms with Gasteiger partial charge in [0.15, 0.2) is 0 Å². The lowest BCUT2D eigenvalue weighted by Gasteiger charge is -2.21. The fourth-order valence-corrected chi connectivity index (χ4v) is 2.66. The van der Waals surface area contributed by atoms with Crippen LogP contribution >= 0.6 is 0 Å². The van der Waals surface area contributed by atoms with Crippen LogP contribution in [0.4, 0.5) is 0 Å². The number of ether oxygens (including phenoxy) is 1. The number of hydrogen-bond donors (Lipinski definition) is 1. The van der Waals surface area contributed by atoms with Crippen molar-refractivity contribution in [2.45, 2.75) is 39.2 Å². The summed E-state index contributed by atoms with van der Waals surface area (Å²) in [4.78, 5) is 11.2. The zero-order chi connectivity index (χ0) is 13.7. The minimum absolute atomic E-state index is 0.427. The van der Waals surface area contributed by atoms with E-state index in [0.717, 1.165) is 44.5 Å². The second-order valence-electron chi connectivity index (χ2n) is 5.43. The number of rotatable bonds is 5. The van der Waals surface area contributed by atoms with Crippen molar-refractivity contribution < 1.29 is 9.53 Å². The van der Waals surface area contributed by atoms with Crippen LogP contribution in [0.1, 0.15) is 36.8 Å². The second kappa shape index (κ2) is 6.71. The molecule has 0 saturated heterocycles. The summed E-state index contributed by atoms with van der Waals surface area (Å²) >= 11 is 0. The van der Waals surface area contributed by atoms with Crippen molar-refractivity contribution in [1.82, 2.24) is 5.32 Å². The van der Waals surface area contributed by atoms with Gasteiger partial charge >= 0.3 is 0 Å². The molecule has 0 aliphatic heterocycles. The smallest absolute Gasteiger partial charge is 0.132 e. The van der Waals surface area contributed by atoms with E-state index in [0.29, 0.717) is 11.7 Å². The summed E-state index contributed by atoms with van der Waals surface area (Å²) < 4.78 is 5.37. The van der Waals surface area contributed by atoms with Gasteiger partial charge in [-0.25, -0.2) is 0 Å². The van der Waals surface area contributed by atoms with E-state index < -0.39 is 0 Å². The Kier molecular flexibility index (Phi) is 4.97. The molecule has 1 aromatic rings. The third kappa shape index (κ3) is 4.06. The van der Waals surface area contributed by atoms with Crippen LogP contribution in [-0.2, 0) is 11.3 Å². The Hall–Kier alpha value is -1.35. The number of benzene rings is 1. The van der Waals surface area contributed by atoms with Crippen LogP contribution in [0.5, 0.6) is 5.75 Å². The van der Waals surface area contributed by atoms with Crippen LogP contribution in [-0.4, -0.2) is 19.4 Å². The molecule has 0 unspecified atom stereocenters. The molecule has 19 heavy (non-hydrogen) atoms. The number of Topliss-reactive ketones (excluding diaryl/α,β-unsaturated/α-hetero) is 1. The van der Waals surface area contributed by atoms with Crippen LogP contribution in [0.25, 0.3) is 0 Å². The van der Waals surface area contributed by atoms with Crippen LogP contribution in [0.2, 0.25) is 0 Å². The van der Waals surface area contributed by atoms with Gasteiger partial charge in [-0.2, -0.15) is 0 Å². The van der Waals surface area contributed by atoms with Crippen LogP contribution < -0.4 is 10.1 Å². The van der Waals surface area contributed by atoms with Crippen molar-refractivity contribution in [2.24, 2.45) is 5.92 Å². The molecule has 0 heterocycles. The van der Waals surface area contributed by atoms with Crippen LogP contribution in [0, 0.1) is 12.8 Å². The minimum atomic E-state index is 0.427. The van der Waals surface area contributed by atoms with Crippen molar-refractivity contribution in [3.63, 3.8) is 0 Å². The summed E-state index contributed by atoms with van der Waals surface area (Å²) in [5.41, 5.74) is 2.45. The van der Waals surface area contributed by atoms with Gasteiger partial charge < -0.3 is 10.1 Å². The summed E-state index contributed by atoms with van der Waals surface area (Å²) in [6.07, 6.45) is 3.60. The van der Waals surface area contributed by atoms with Crippen molar-refractivity contribution >= 4 is 5.78 Å². The Bertz CT molecular complexity index is 432. The predicted molar refractivity (Wildman–Crippen MR) is 76.4 cm³/mol. The maximum Gasteiger partial charge on any atom is 0.132 e. The molecule has 104 valence electrons. The lowest BCUT2D eigenvalue weighted by molar-refractivity contribution is -0.120. The molecule has 0 aromatic heterocycles. The molecule has 0 bridgehead atoms. The van der Waals surface area contributed by atoms with Crippen LogP contribution in [0.15, 0.2) is 18.2 Å². The van der Waals surface area contributed by atoms with E-state index in [9.17, 15) is 4.79 Å². The van der Waals surface area contributed by atoms with Gasteiger partial charge in [0.2, 0.25) is 0 Å². The Balaban J connectivity index is 1.82. The Labute approximate surface area is 115 Å². The fourth-order valence-electron chi connectivity index (χ4n) is 2.66. The predicted octanol–water partition coefficient (Wildman–Crippen LogP) is 2.85. The molecule has 2 rings (SSSR count). The first kappa shape index (κ1) is 14.1. The monoisotopic (exact) mass is 261 g/mol. The number of aryl methyl sites for hydroxylation is 1. The summed E-state index contributed by atoms with van der Waals surface area (Å²) in [5, 5.41) is 3.50.